The summed E-state index contributed by atoms with van der Waals surface area (Å²) in [5.41, 5.74) is 0. The van der Waals surface area contributed by atoms with E-state index in [9.17, 15) is 0 Å². The summed E-state index contributed by atoms with van der Waals surface area (Å²) in [6, 6.07) is 0. The van der Waals surface area contributed by atoms with Crippen molar-refractivity contribution >= 4 is 46.2 Å². The van der Waals surface area contributed by atoms with Gasteiger partial charge < -0.3 is 0 Å². The van der Waals surface area contributed by atoms with Crippen LogP contribution in [0.3, 0.4) is 0 Å². The maximum absolute atomic E-state index is 8.80. The molecule has 0 amide bonds. The Morgan fingerprint density at radius 3 is 1.50 bits per heavy atom. The molecule has 0 unspecified atom stereocenters. The van der Waals surface area contributed by atoms with Crippen molar-refractivity contribution in [2.75, 3.05) is 7.05 Å². The quantitative estimate of drug-likeness (QED) is 0.515. The molecule has 3 nitrogen and oxygen atoms in total. The Balaban J connectivity index is 0. The molecular formula is C6H19N3NaSi2+. The van der Waals surface area contributed by atoms with Crippen molar-refractivity contribution in [2.45, 2.75) is 32.7 Å². The molecular weight excluding hydrogens is 193 g/mol. The Morgan fingerprint density at radius 1 is 1.08 bits per heavy atom. The van der Waals surface area contributed by atoms with Crippen LogP contribution in [0.15, 0.2) is 0 Å². The third kappa shape index (κ3) is 4.16. The fraction of sp³-hybridized carbons (Fsp3) is 1.00. The van der Waals surface area contributed by atoms with E-state index in [-0.39, 0.29) is 29.6 Å². The molecule has 0 radical (unpaired) electrons. The van der Waals surface area contributed by atoms with E-state index in [2.05, 4.69) is 35.6 Å². The van der Waals surface area contributed by atoms with Crippen molar-refractivity contribution in [2.24, 2.45) is 0 Å². The molecule has 0 aromatic carbocycles. The van der Waals surface area contributed by atoms with Crippen LogP contribution in [0, 0.1) is 5.39 Å². The molecule has 0 aliphatic rings. The van der Waals surface area contributed by atoms with E-state index >= 15 is 0 Å². The second-order valence-electron chi connectivity index (χ2n) is 4.32. The molecule has 0 aromatic heterocycles. The molecule has 12 heavy (non-hydrogen) atoms. The van der Waals surface area contributed by atoms with Gasteiger partial charge in [-0.1, -0.05) is 19.6 Å². The first-order chi connectivity index (χ1) is 4.72. The van der Waals surface area contributed by atoms with E-state index in [0.29, 0.717) is 0 Å². The molecule has 0 atom stereocenters. The number of hydrogen-bond acceptors (Lipinski definition) is 2. The zero-order valence-electron chi connectivity index (χ0n) is 8.34. The molecule has 0 N–H and O–H groups in total. The SMILES string of the molecule is CN([Si](C)(C)C)[Si](C)(C)[N+]#N.[NaH]. The van der Waals surface area contributed by atoms with Crippen LogP contribution >= 0.6 is 0 Å². The standard InChI is InChI=1S/C6H18N3Si2.Na.H/c1-9(10(2,3)4)11(5,6)8-7;;/h1-6H3;;/q+1;;. The minimum absolute atomic E-state index is 0. The van der Waals surface area contributed by atoms with Crippen LogP contribution in [0.1, 0.15) is 0 Å². The van der Waals surface area contributed by atoms with Crippen LogP contribution in [0.25, 0.3) is 4.64 Å². The summed E-state index contributed by atoms with van der Waals surface area (Å²) >= 11 is 0. The molecule has 0 aromatic rings. The molecule has 0 saturated carbocycles. The van der Waals surface area contributed by atoms with Gasteiger partial charge in [0.15, 0.2) is 5.39 Å². The van der Waals surface area contributed by atoms with E-state index in [1.54, 1.807) is 0 Å². The van der Waals surface area contributed by atoms with Crippen LogP contribution < -0.4 is 0 Å². The van der Waals surface area contributed by atoms with Crippen LogP contribution in [0.5, 0.6) is 0 Å². The Labute approximate surface area is 99.7 Å². The number of nitrogens with zero attached hydrogens (tertiary/aromatic N) is 3. The molecule has 66 valence electrons. The van der Waals surface area contributed by atoms with Gasteiger partial charge in [-0.15, -0.1) is 0 Å². The van der Waals surface area contributed by atoms with E-state index in [1.165, 1.54) is 0 Å². The van der Waals surface area contributed by atoms with E-state index < -0.39 is 16.6 Å². The van der Waals surface area contributed by atoms with E-state index in [1.807, 2.05) is 13.1 Å². The molecule has 0 fully saturated rings. The Bertz CT molecular complexity index is 182. The Morgan fingerprint density at radius 2 is 1.42 bits per heavy atom. The normalized spacial score (nSPS) is 12.2. The van der Waals surface area contributed by atoms with Gasteiger partial charge in [-0.3, -0.25) is 4.23 Å². The predicted molar refractivity (Wildman–Crippen MR) is 60.8 cm³/mol. The summed E-state index contributed by atoms with van der Waals surface area (Å²) in [4.78, 5) is 0. The monoisotopic (exact) mass is 212 g/mol. The minimum atomic E-state index is -1.84. The van der Waals surface area contributed by atoms with Crippen molar-refractivity contribution < 1.29 is 0 Å². The van der Waals surface area contributed by atoms with Crippen molar-refractivity contribution in [1.29, 1.82) is 5.39 Å². The average molecular weight is 212 g/mol. The summed E-state index contributed by atoms with van der Waals surface area (Å²) in [6.45, 7) is 10.9. The van der Waals surface area contributed by atoms with Gasteiger partial charge in [0.05, 0.1) is 0 Å². The zero-order valence-corrected chi connectivity index (χ0v) is 10.3. The number of hydrogen-bond donors (Lipinski definition) is 0. The van der Waals surface area contributed by atoms with Crippen LogP contribution in [0.2, 0.25) is 32.7 Å². The number of rotatable bonds is 2. The molecule has 0 rings (SSSR count). The summed E-state index contributed by atoms with van der Waals surface area (Å²) in [5, 5.41) is 8.80. The molecule has 0 aliphatic heterocycles. The van der Waals surface area contributed by atoms with Gasteiger partial charge in [0.25, 0.3) is 0 Å². The van der Waals surface area contributed by atoms with Crippen LogP contribution in [-0.4, -0.2) is 57.5 Å². The fourth-order valence-electron chi connectivity index (χ4n) is 0.888. The van der Waals surface area contributed by atoms with Gasteiger partial charge in [-0.25, -0.2) is 0 Å². The molecule has 0 saturated heterocycles. The predicted octanol–water partition coefficient (Wildman–Crippen LogP) is 1.66. The van der Waals surface area contributed by atoms with Gasteiger partial charge in [-0.05, 0) is 7.05 Å². The summed E-state index contributed by atoms with van der Waals surface area (Å²) in [5.74, 6) is 0. The van der Waals surface area contributed by atoms with Gasteiger partial charge in [0.2, 0.25) is 0 Å². The topological polar surface area (TPSA) is 31.4 Å². The summed E-state index contributed by atoms with van der Waals surface area (Å²) < 4.78 is 5.78. The van der Waals surface area contributed by atoms with Gasteiger partial charge >= 0.3 is 38.0 Å². The van der Waals surface area contributed by atoms with E-state index in [0.717, 1.165) is 0 Å². The third-order valence-electron chi connectivity index (χ3n) is 2.07. The van der Waals surface area contributed by atoms with Crippen molar-refractivity contribution in [1.82, 2.24) is 4.23 Å². The Kier molecular flexibility index (Phi) is 6.23. The van der Waals surface area contributed by atoms with Gasteiger partial charge in [-0.2, -0.15) is 0 Å². The third-order valence-corrected chi connectivity index (χ3v) is 9.87. The van der Waals surface area contributed by atoms with Crippen molar-refractivity contribution in [3.05, 3.63) is 4.64 Å². The zero-order chi connectivity index (χ0) is 9.28. The number of diazo groups is 1. The first kappa shape index (κ1) is 15.3. The molecule has 0 bridgehead atoms. The first-order valence-corrected chi connectivity index (χ1v) is 10.2. The maximum atomic E-state index is 8.80. The summed E-state index contributed by atoms with van der Waals surface area (Å²) in [6.07, 6.45) is 0. The molecule has 0 heterocycles. The van der Waals surface area contributed by atoms with E-state index in [4.69, 9.17) is 5.39 Å². The summed E-state index contributed by atoms with van der Waals surface area (Å²) in [7, 11) is -1.05. The fourth-order valence-corrected chi connectivity index (χ4v) is 7.72. The molecule has 0 aliphatic carbocycles. The molecule has 6 heteroatoms. The van der Waals surface area contributed by atoms with Crippen molar-refractivity contribution in [3.63, 3.8) is 0 Å². The van der Waals surface area contributed by atoms with Crippen LogP contribution in [0.4, 0.5) is 0 Å². The van der Waals surface area contributed by atoms with Crippen molar-refractivity contribution in [3.8, 4) is 0 Å². The average Bonchev–Trinajstić information content (AvgIpc) is 1.84. The second-order valence-corrected chi connectivity index (χ2v) is 13.6. The van der Waals surface area contributed by atoms with Gasteiger partial charge in [0.1, 0.15) is 8.24 Å². The first-order valence-electron chi connectivity index (χ1n) is 3.82. The Hall–Kier alpha value is 0.814. The van der Waals surface area contributed by atoms with Crippen LogP contribution in [-0.2, 0) is 0 Å². The van der Waals surface area contributed by atoms with Gasteiger partial charge in [0, 0.05) is 17.7 Å². The second kappa shape index (κ2) is 4.89. The molecule has 0 spiro atoms.